The van der Waals surface area contributed by atoms with Gasteiger partial charge < -0.3 is 4.74 Å². The fourth-order valence-corrected chi connectivity index (χ4v) is 3.09. The van der Waals surface area contributed by atoms with Crippen LogP contribution in [0.15, 0.2) is 54.6 Å². The van der Waals surface area contributed by atoms with E-state index in [4.69, 9.17) is 4.74 Å². The summed E-state index contributed by atoms with van der Waals surface area (Å²) in [7, 11) is 1.59. The van der Waals surface area contributed by atoms with Crippen LogP contribution in [0.5, 0.6) is 5.75 Å². The van der Waals surface area contributed by atoms with Crippen molar-refractivity contribution in [3.8, 4) is 5.75 Å². The molecule has 0 radical (unpaired) electrons. The maximum Gasteiger partial charge on any atom is 0.186 e. The quantitative estimate of drug-likeness (QED) is 0.746. The summed E-state index contributed by atoms with van der Waals surface area (Å²) in [5.74, 6) is 0.736. The van der Waals surface area contributed by atoms with E-state index in [0.717, 1.165) is 5.56 Å². The second kappa shape index (κ2) is 7.80. The molecule has 0 saturated heterocycles. The Labute approximate surface area is 134 Å². The number of thioether (sulfide) groups is 1. The molecule has 2 aromatic rings. The molecule has 0 aliphatic heterocycles. The van der Waals surface area contributed by atoms with E-state index in [1.54, 1.807) is 31.4 Å². The van der Waals surface area contributed by atoms with Crippen molar-refractivity contribution in [2.45, 2.75) is 18.6 Å². The number of ether oxygens (including phenoxy) is 1. The number of rotatable bonds is 6. The molecule has 0 aliphatic rings. The van der Waals surface area contributed by atoms with Crippen LogP contribution in [0.3, 0.4) is 0 Å². The SMILES string of the molecule is COc1ccc(C(=O)CC(SC(C)=O)c2ccccc2)cc1. The van der Waals surface area contributed by atoms with Crippen LogP contribution in [0.2, 0.25) is 0 Å². The van der Waals surface area contributed by atoms with Gasteiger partial charge in [0.25, 0.3) is 0 Å². The summed E-state index contributed by atoms with van der Waals surface area (Å²) in [4.78, 5) is 23.9. The third kappa shape index (κ3) is 4.46. The summed E-state index contributed by atoms with van der Waals surface area (Å²) >= 11 is 1.20. The molecule has 0 saturated carbocycles. The third-order valence-electron chi connectivity index (χ3n) is 3.26. The summed E-state index contributed by atoms with van der Waals surface area (Å²) < 4.78 is 5.09. The minimum atomic E-state index is -0.159. The molecular weight excluding hydrogens is 296 g/mol. The highest BCUT2D eigenvalue weighted by atomic mass is 32.2. The Morgan fingerprint density at radius 1 is 1.05 bits per heavy atom. The predicted molar refractivity (Wildman–Crippen MR) is 89.4 cm³/mol. The van der Waals surface area contributed by atoms with E-state index in [9.17, 15) is 9.59 Å². The largest absolute Gasteiger partial charge is 0.497 e. The van der Waals surface area contributed by atoms with E-state index in [1.165, 1.54) is 18.7 Å². The highest BCUT2D eigenvalue weighted by molar-refractivity contribution is 8.13. The first-order chi connectivity index (χ1) is 10.6. The highest BCUT2D eigenvalue weighted by Gasteiger charge is 2.19. The molecule has 0 aromatic heterocycles. The Hall–Kier alpha value is -2.07. The van der Waals surface area contributed by atoms with Gasteiger partial charge in [0.1, 0.15) is 5.75 Å². The Morgan fingerprint density at radius 2 is 1.68 bits per heavy atom. The smallest absolute Gasteiger partial charge is 0.186 e. The molecule has 1 atom stereocenters. The summed E-state index contributed by atoms with van der Waals surface area (Å²) in [5.41, 5.74) is 1.62. The molecule has 3 nitrogen and oxygen atoms in total. The van der Waals surface area contributed by atoms with Crippen LogP contribution in [-0.2, 0) is 4.79 Å². The Kier molecular flexibility index (Phi) is 5.78. The van der Waals surface area contributed by atoms with E-state index in [1.807, 2.05) is 30.3 Å². The lowest BCUT2D eigenvalue weighted by Gasteiger charge is -2.14. The summed E-state index contributed by atoms with van der Waals surface area (Å²) in [6, 6.07) is 16.7. The molecule has 4 heteroatoms. The molecule has 1 unspecified atom stereocenters. The normalized spacial score (nSPS) is 11.7. The fourth-order valence-electron chi connectivity index (χ4n) is 2.16. The van der Waals surface area contributed by atoms with Gasteiger partial charge in [0.15, 0.2) is 10.9 Å². The van der Waals surface area contributed by atoms with Crippen LogP contribution in [0.25, 0.3) is 0 Å². The molecule has 0 N–H and O–H groups in total. The molecule has 2 aromatic carbocycles. The van der Waals surface area contributed by atoms with E-state index < -0.39 is 0 Å². The van der Waals surface area contributed by atoms with Crippen LogP contribution < -0.4 is 4.74 Å². The fraction of sp³-hybridized carbons (Fsp3) is 0.222. The minimum absolute atomic E-state index is 0.0105. The Morgan fingerprint density at radius 3 is 2.23 bits per heavy atom. The van der Waals surface area contributed by atoms with Gasteiger partial charge in [-0.25, -0.2) is 0 Å². The van der Waals surface area contributed by atoms with Gasteiger partial charge in [-0.2, -0.15) is 0 Å². The van der Waals surface area contributed by atoms with Crippen molar-refractivity contribution in [3.05, 3.63) is 65.7 Å². The molecule has 0 spiro atoms. The second-order valence-corrected chi connectivity index (χ2v) is 6.24. The van der Waals surface area contributed by atoms with Gasteiger partial charge in [0.05, 0.1) is 7.11 Å². The van der Waals surface area contributed by atoms with Gasteiger partial charge in [-0.05, 0) is 29.8 Å². The van der Waals surface area contributed by atoms with Gasteiger partial charge in [-0.1, -0.05) is 42.1 Å². The lowest BCUT2D eigenvalue weighted by molar-refractivity contribution is -0.109. The van der Waals surface area contributed by atoms with Crippen molar-refractivity contribution in [1.29, 1.82) is 0 Å². The number of carbonyl (C=O) groups excluding carboxylic acids is 2. The van der Waals surface area contributed by atoms with Crippen LogP contribution in [0.4, 0.5) is 0 Å². The molecule has 114 valence electrons. The Bertz CT molecular complexity index is 635. The number of hydrogen-bond donors (Lipinski definition) is 0. The zero-order chi connectivity index (χ0) is 15.9. The van der Waals surface area contributed by atoms with E-state index in [0.29, 0.717) is 17.7 Å². The van der Waals surface area contributed by atoms with Crippen molar-refractivity contribution >= 4 is 22.7 Å². The topological polar surface area (TPSA) is 43.4 Å². The predicted octanol–water partition coefficient (Wildman–Crippen LogP) is 4.29. The average molecular weight is 314 g/mol. The molecule has 0 bridgehead atoms. The lowest BCUT2D eigenvalue weighted by Crippen LogP contribution is -2.07. The van der Waals surface area contributed by atoms with Crippen molar-refractivity contribution in [1.82, 2.24) is 0 Å². The third-order valence-corrected chi connectivity index (χ3v) is 4.32. The van der Waals surface area contributed by atoms with Gasteiger partial charge in [-0.3, -0.25) is 9.59 Å². The van der Waals surface area contributed by atoms with Crippen molar-refractivity contribution in [2.75, 3.05) is 7.11 Å². The van der Waals surface area contributed by atoms with Crippen LogP contribution in [0, 0.1) is 0 Å². The first-order valence-electron chi connectivity index (χ1n) is 6.99. The van der Waals surface area contributed by atoms with Gasteiger partial charge >= 0.3 is 0 Å². The number of Topliss-reactive ketones (excluding diaryl/α,β-unsaturated/α-hetero) is 1. The molecule has 0 fully saturated rings. The number of hydrogen-bond acceptors (Lipinski definition) is 4. The van der Waals surface area contributed by atoms with Crippen LogP contribution in [-0.4, -0.2) is 18.0 Å². The average Bonchev–Trinajstić information content (AvgIpc) is 2.54. The maximum atomic E-state index is 12.4. The number of carbonyl (C=O) groups is 2. The van der Waals surface area contributed by atoms with Crippen molar-refractivity contribution in [3.63, 3.8) is 0 Å². The molecule has 0 amide bonds. The molecule has 0 heterocycles. The van der Waals surface area contributed by atoms with Gasteiger partial charge in [0, 0.05) is 24.2 Å². The second-order valence-electron chi connectivity index (χ2n) is 4.86. The Balaban J connectivity index is 2.15. The zero-order valence-corrected chi connectivity index (χ0v) is 13.4. The summed E-state index contributed by atoms with van der Waals surface area (Å²) in [5, 5.41) is -0.148. The summed E-state index contributed by atoms with van der Waals surface area (Å²) in [6.45, 7) is 1.53. The van der Waals surface area contributed by atoms with Crippen LogP contribution in [0.1, 0.15) is 34.5 Å². The van der Waals surface area contributed by atoms with E-state index in [2.05, 4.69) is 0 Å². The minimum Gasteiger partial charge on any atom is -0.497 e. The number of ketones is 1. The zero-order valence-electron chi connectivity index (χ0n) is 12.6. The molecule has 2 rings (SSSR count). The first-order valence-corrected chi connectivity index (χ1v) is 7.87. The first kappa shape index (κ1) is 16.3. The van der Waals surface area contributed by atoms with E-state index >= 15 is 0 Å². The van der Waals surface area contributed by atoms with Crippen LogP contribution >= 0.6 is 11.8 Å². The van der Waals surface area contributed by atoms with Crippen molar-refractivity contribution < 1.29 is 14.3 Å². The molecule has 0 aliphatic carbocycles. The monoisotopic (exact) mass is 314 g/mol. The highest BCUT2D eigenvalue weighted by Crippen LogP contribution is 2.33. The number of benzene rings is 2. The maximum absolute atomic E-state index is 12.4. The van der Waals surface area contributed by atoms with E-state index in [-0.39, 0.29) is 16.1 Å². The van der Waals surface area contributed by atoms with Gasteiger partial charge in [-0.15, -0.1) is 0 Å². The van der Waals surface area contributed by atoms with Gasteiger partial charge in [0.2, 0.25) is 0 Å². The summed E-state index contributed by atoms with van der Waals surface area (Å²) in [6.07, 6.45) is 0.292. The molecule has 22 heavy (non-hydrogen) atoms. The molecular formula is C18H18O3S. The number of methoxy groups -OCH3 is 1. The lowest BCUT2D eigenvalue weighted by atomic mass is 10.0. The standard InChI is InChI=1S/C18H18O3S/c1-13(19)22-18(15-6-4-3-5-7-15)12-17(20)14-8-10-16(21-2)11-9-14/h3-11,18H,12H2,1-2H3. The van der Waals surface area contributed by atoms with Crippen molar-refractivity contribution in [2.24, 2.45) is 0 Å².